The lowest BCUT2D eigenvalue weighted by atomic mass is 9.93. The van der Waals surface area contributed by atoms with Crippen LogP contribution in [0.4, 0.5) is 0 Å². The average molecular weight is 333 g/mol. The first kappa shape index (κ1) is 15.3. The fraction of sp³-hybridized carbons (Fsp3) is 0.333. The van der Waals surface area contributed by atoms with Crippen LogP contribution < -0.4 is 0 Å². The molecule has 20 heavy (non-hydrogen) atoms. The van der Waals surface area contributed by atoms with E-state index in [1.54, 1.807) is 0 Å². The third-order valence-electron chi connectivity index (χ3n) is 3.69. The van der Waals surface area contributed by atoms with Crippen LogP contribution in [0.15, 0.2) is 40.9 Å². The third-order valence-corrected chi connectivity index (χ3v) is 4.47. The van der Waals surface area contributed by atoms with Crippen LogP contribution in [0.1, 0.15) is 27.8 Å². The van der Waals surface area contributed by atoms with Crippen LogP contribution in [0, 0.1) is 20.8 Å². The first-order valence-corrected chi connectivity index (χ1v) is 7.75. The molecule has 0 heterocycles. The number of aliphatic hydroxyl groups is 1. The molecule has 0 saturated heterocycles. The Bertz CT molecular complexity index is 581. The van der Waals surface area contributed by atoms with Gasteiger partial charge in [-0.2, -0.15) is 0 Å². The van der Waals surface area contributed by atoms with Crippen molar-refractivity contribution >= 4 is 15.9 Å². The second-order valence-corrected chi connectivity index (χ2v) is 6.39. The van der Waals surface area contributed by atoms with Crippen molar-refractivity contribution in [2.24, 2.45) is 0 Å². The first-order chi connectivity index (χ1) is 9.47. The Balaban J connectivity index is 2.13. The van der Waals surface area contributed by atoms with Crippen molar-refractivity contribution in [3.63, 3.8) is 0 Å². The molecule has 0 bridgehead atoms. The minimum atomic E-state index is -0.353. The van der Waals surface area contributed by atoms with E-state index in [4.69, 9.17) is 0 Å². The average Bonchev–Trinajstić information content (AvgIpc) is 2.36. The van der Waals surface area contributed by atoms with Gasteiger partial charge in [0.25, 0.3) is 0 Å². The summed E-state index contributed by atoms with van der Waals surface area (Å²) >= 11 is 3.54. The minimum Gasteiger partial charge on any atom is -0.392 e. The molecule has 0 aromatic heterocycles. The molecule has 1 atom stereocenters. The van der Waals surface area contributed by atoms with Gasteiger partial charge in [0.2, 0.25) is 0 Å². The van der Waals surface area contributed by atoms with Gasteiger partial charge in [0.05, 0.1) is 6.10 Å². The van der Waals surface area contributed by atoms with Gasteiger partial charge in [-0.15, -0.1) is 0 Å². The lowest BCUT2D eigenvalue weighted by molar-refractivity contribution is 0.175. The second-order valence-electron chi connectivity index (χ2n) is 5.53. The Morgan fingerprint density at radius 1 is 1.00 bits per heavy atom. The Kier molecular flexibility index (Phi) is 5.00. The molecule has 2 heteroatoms. The van der Waals surface area contributed by atoms with Gasteiger partial charge in [0, 0.05) is 4.47 Å². The standard InChI is InChI=1S/C18H21BrO/c1-12-8-13(2)17(14(3)9-12)11-16(20)10-15-6-4-5-7-18(15)19/h4-9,16,20H,10-11H2,1-3H3. The summed E-state index contributed by atoms with van der Waals surface area (Å²) in [5.41, 5.74) is 6.25. The van der Waals surface area contributed by atoms with Gasteiger partial charge >= 0.3 is 0 Å². The van der Waals surface area contributed by atoms with Crippen molar-refractivity contribution in [1.82, 2.24) is 0 Å². The van der Waals surface area contributed by atoms with Crippen LogP contribution in [-0.2, 0) is 12.8 Å². The molecule has 1 N–H and O–H groups in total. The summed E-state index contributed by atoms with van der Waals surface area (Å²) in [6.07, 6.45) is 1.03. The summed E-state index contributed by atoms with van der Waals surface area (Å²) in [5.74, 6) is 0. The molecule has 1 nitrogen and oxygen atoms in total. The molecule has 0 fully saturated rings. The highest BCUT2D eigenvalue weighted by Gasteiger charge is 2.12. The predicted molar refractivity (Wildman–Crippen MR) is 88.2 cm³/mol. The molecule has 0 radical (unpaired) electrons. The topological polar surface area (TPSA) is 20.2 Å². The number of hydrogen-bond donors (Lipinski definition) is 1. The summed E-state index contributed by atoms with van der Waals surface area (Å²) in [6.45, 7) is 6.36. The largest absolute Gasteiger partial charge is 0.392 e. The zero-order chi connectivity index (χ0) is 14.7. The monoisotopic (exact) mass is 332 g/mol. The fourth-order valence-corrected chi connectivity index (χ4v) is 3.20. The smallest absolute Gasteiger partial charge is 0.0621 e. The minimum absolute atomic E-state index is 0.353. The maximum atomic E-state index is 10.4. The summed E-state index contributed by atoms with van der Waals surface area (Å²) in [5, 5.41) is 10.4. The van der Waals surface area contributed by atoms with Crippen LogP contribution in [0.5, 0.6) is 0 Å². The van der Waals surface area contributed by atoms with Crippen LogP contribution in [0.25, 0.3) is 0 Å². The van der Waals surface area contributed by atoms with E-state index in [1.165, 1.54) is 22.3 Å². The molecule has 0 spiro atoms. The highest BCUT2D eigenvalue weighted by molar-refractivity contribution is 9.10. The van der Waals surface area contributed by atoms with E-state index >= 15 is 0 Å². The SMILES string of the molecule is Cc1cc(C)c(CC(O)Cc2ccccc2Br)c(C)c1. The first-order valence-electron chi connectivity index (χ1n) is 6.95. The van der Waals surface area contributed by atoms with Gasteiger partial charge in [0.1, 0.15) is 0 Å². The van der Waals surface area contributed by atoms with Crippen molar-refractivity contribution in [2.75, 3.05) is 0 Å². The predicted octanol–water partition coefficient (Wildman–Crippen LogP) is 4.52. The molecule has 106 valence electrons. The number of benzene rings is 2. The van der Waals surface area contributed by atoms with E-state index in [9.17, 15) is 5.11 Å². The molecule has 2 rings (SSSR count). The van der Waals surface area contributed by atoms with E-state index in [0.717, 1.165) is 10.0 Å². The zero-order valence-corrected chi connectivity index (χ0v) is 13.9. The Labute approximate surface area is 129 Å². The van der Waals surface area contributed by atoms with E-state index in [1.807, 2.05) is 18.2 Å². The number of hydrogen-bond acceptors (Lipinski definition) is 1. The number of rotatable bonds is 4. The molecule has 2 aromatic carbocycles. The van der Waals surface area contributed by atoms with Gasteiger partial charge in [-0.1, -0.05) is 51.8 Å². The van der Waals surface area contributed by atoms with Crippen molar-refractivity contribution in [3.8, 4) is 0 Å². The molecule has 0 aliphatic rings. The van der Waals surface area contributed by atoms with E-state index in [0.29, 0.717) is 12.8 Å². The normalized spacial score (nSPS) is 12.4. The molecule has 0 saturated carbocycles. The Morgan fingerprint density at radius 2 is 1.60 bits per heavy atom. The maximum absolute atomic E-state index is 10.4. The van der Waals surface area contributed by atoms with Crippen molar-refractivity contribution < 1.29 is 5.11 Å². The second kappa shape index (κ2) is 6.55. The molecular weight excluding hydrogens is 312 g/mol. The van der Waals surface area contributed by atoms with Crippen LogP contribution in [0.3, 0.4) is 0 Å². The lowest BCUT2D eigenvalue weighted by Gasteiger charge is -2.16. The number of aryl methyl sites for hydroxylation is 3. The van der Waals surface area contributed by atoms with Gasteiger partial charge in [-0.3, -0.25) is 0 Å². The zero-order valence-electron chi connectivity index (χ0n) is 12.3. The highest BCUT2D eigenvalue weighted by Crippen LogP contribution is 2.22. The highest BCUT2D eigenvalue weighted by atomic mass is 79.9. The summed E-state index contributed by atoms with van der Waals surface area (Å²) in [7, 11) is 0. The molecular formula is C18H21BrO. The van der Waals surface area contributed by atoms with Crippen molar-refractivity contribution in [2.45, 2.75) is 39.7 Å². The number of aliphatic hydroxyl groups excluding tert-OH is 1. The van der Waals surface area contributed by atoms with Gasteiger partial charge < -0.3 is 5.11 Å². The molecule has 1 unspecified atom stereocenters. The lowest BCUT2D eigenvalue weighted by Crippen LogP contribution is -2.16. The third kappa shape index (κ3) is 3.71. The quantitative estimate of drug-likeness (QED) is 0.872. The van der Waals surface area contributed by atoms with E-state index < -0.39 is 0 Å². The van der Waals surface area contributed by atoms with Crippen molar-refractivity contribution in [1.29, 1.82) is 0 Å². The van der Waals surface area contributed by atoms with Crippen LogP contribution in [0.2, 0.25) is 0 Å². The summed E-state index contributed by atoms with van der Waals surface area (Å²) in [4.78, 5) is 0. The van der Waals surface area contributed by atoms with Gasteiger partial charge in [-0.25, -0.2) is 0 Å². The maximum Gasteiger partial charge on any atom is 0.0621 e. The Morgan fingerprint density at radius 3 is 2.20 bits per heavy atom. The Hall–Kier alpha value is -1.12. The molecule has 0 aliphatic heterocycles. The summed E-state index contributed by atoms with van der Waals surface area (Å²) < 4.78 is 1.07. The fourth-order valence-electron chi connectivity index (χ4n) is 2.76. The van der Waals surface area contributed by atoms with Crippen LogP contribution in [-0.4, -0.2) is 11.2 Å². The molecule has 2 aromatic rings. The van der Waals surface area contributed by atoms with Gasteiger partial charge in [-0.05, 0) is 61.9 Å². The van der Waals surface area contributed by atoms with Gasteiger partial charge in [0.15, 0.2) is 0 Å². The summed E-state index contributed by atoms with van der Waals surface area (Å²) in [6, 6.07) is 12.5. The molecule has 0 aliphatic carbocycles. The van der Waals surface area contributed by atoms with Crippen molar-refractivity contribution in [3.05, 3.63) is 68.7 Å². The van der Waals surface area contributed by atoms with E-state index in [2.05, 4.69) is 54.9 Å². The number of halogens is 1. The molecule has 0 amide bonds. The van der Waals surface area contributed by atoms with Crippen LogP contribution >= 0.6 is 15.9 Å². The van der Waals surface area contributed by atoms with E-state index in [-0.39, 0.29) is 6.10 Å².